The van der Waals surface area contributed by atoms with E-state index in [9.17, 15) is 9.59 Å². The van der Waals surface area contributed by atoms with Gasteiger partial charge in [-0.1, -0.05) is 36.4 Å². The van der Waals surface area contributed by atoms with Crippen LogP contribution in [0.15, 0.2) is 60.8 Å². The van der Waals surface area contributed by atoms with E-state index in [1.807, 2.05) is 36.4 Å². The lowest BCUT2D eigenvalue weighted by Crippen LogP contribution is -2.41. The van der Waals surface area contributed by atoms with Crippen molar-refractivity contribution in [3.8, 4) is 0 Å². The summed E-state index contributed by atoms with van der Waals surface area (Å²) in [5.41, 5.74) is 1.14. The Balaban J connectivity index is 1.44. The van der Waals surface area contributed by atoms with Gasteiger partial charge in [0.05, 0.1) is 18.9 Å². The average molecular weight is 404 g/mol. The number of carbonyl (C=O) groups excluding carboxylic acids is 2. The Morgan fingerprint density at radius 1 is 0.967 bits per heavy atom. The minimum Gasteiger partial charge on any atom is -0.379 e. The number of benzene rings is 2. The number of pyridine rings is 1. The first-order valence-electron chi connectivity index (χ1n) is 10.0. The van der Waals surface area contributed by atoms with E-state index in [2.05, 4.69) is 20.5 Å². The predicted molar refractivity (Wildman–Crippen MR) is 116 cm³/mol. The number of fused-ring (bicyclic) bond motifs is 1. The van der Waals surface area contributed by atoms with Crippen molar-refractivity contribution in [2.24, 2.45) is 0 Å². The van der Waals surface area contributed by atoms with Crippen LogP contribution in [0.1, 0.15) is 20.8 Å². The average Bonchev–Trinajstić information content (AvgIpc) is 2.79. The summed E-state index contributed by atoms with van der Waals surface area (Å²) in [6.45, 7) is 4.43. The zero-order chi connectivity index (χ0) is 20.8. The van der Waals surface area contributed by atoms with E-state index in [4.69, 9.17) is 4.74 Å². The number of hydrogen-bond acceptors (Lipinski definition) is 5. The van der Waals surface area contributed by atoms with Gasteiger partial charge in [-0.2, -0.15) is 0 Å². The maximum Gasteiger partial charge on any atom is 0.272 e. The van der Waals surface area contributed by atoms with Gasteiger partial charge in [0, 0.05) is 37.9 Å². The van der Waals surface area contributed by atoms with E-state index >= 15 is 0 Å². The molecule has 1 saturated heterocycles. The molecular formula is C23H24N4O3. The Kier molecular flexibility index (Phi) is 6.32. The molecule has 0 unspecified atom stereocenters. The molecule has 2 aromatic carbocycles. The fraction of sp³-hybridized carbons (Fsp3) is 0.261. The molecule has 0 atom stereocenters. The molecule has 2 heterocycles. The molecule has 4 rings (SSSR count). The number of ether oxygens (including phenoxy) is 1. The molecule has 1 aromatic heterocycles. The molecule has 154 valence electrons. The standard InChI is InChI=1S/C23H24N4O3/c28-22(19-8-3-6-17-5-1-2-7-18(17)19)26-20-9-4-10-24-21(20)23(29)25-11-12-27-13-15-30-16-14-27/h1-10H,11-16H2,(H,25,29)(H,26,28). The van der Waals surface area contributed by atoms with E-state index in [1.165, 1.54) is 0 Å². The first-order valence-corrected chi connectivity index (χ1v) is 10.0. The van der Waals surface area contributed by atoms with Crippen LogP contribution in [0.25, 0.3) is 10.8 Å². The van der Waals surface area contributed by atoms with E-state index in [-0.39, 0.29) is 17.5 Å². The molecule has 0 radical (unpaired) electrons. The second kappa shape index (κ2) is 9.47. The highest BCUT2D eigenvalue weighted by Gasteiger charge is 2.17. The second-order valence-corrected chi connectivity index (χ2v) is 7.09. The van der Waals surface area contributed by atoms with Gasteiger partial charge in [0.15, 0.2) is 5.69 Å². The Morgan fingerprint density at radius 2 is 1.77 bits per heavy atom. The van der Waals surface area contributed by atoms with Crippen molar-refractivity contribution in [1.82, 2.24) is 15.2 Å². The maximum absolute atomic E-state index is 12.9. The molecule has 0 aliphatic carbocycles. The number of rotatable bonds is 6. The molecular weight excluding hydrogens is 380 g/mol. The molecule has 3 aromatic rings. The van der Waals surface area contributed by atoms with Crippen LogP contribution >= 0.6 is 0 Å². The lowest BCUT2D eigenvalue weighted by Gasteiger charge is -2.26. The number of hydrogen-bond donors (Lipinski definition) is 2. The summed E-state index contributed by atoms with van der Waals surface area (Å²) in [7, 11) is 0. The Labute approximate surface area is 175 Å². The zero-order valence-corrected chi connectivity index (χ0v) is 16.6. The second-order valence-electron chi connectivity index (χ2n) is 7.09. The largest absolute Gasteiger partial charge is 0.379 e. The number of anilines is 1. The zero-order valence-electron chi connectivity index (χ0n) is 16.6. The number of amides is 2. The van der Waals surface area contributed by atoms with Gasteiger partial charge in [-0.15, -0.1) is 0 Å². The first kappa shape index (κ1) is 20.0. The summed E-state index contributed by atoms with van der Waals surface area (Å²) in [5, 5.41) is 7.59. The highest BCUT2D eigenvalue weighted by atomic mass is 16.5. The van der Waals surface area contributed by atoms with Gasteiger partial charge in [0.1, 0.15) is 0 Å². The number of nitrogens with one attached hydrogen (secondary N) is 2. The van der Waals surface area contributed by atoms with Crippen molar-refractivity contribution in [2.75, 3.05) is 44.7 Å². The topological polar surface area (TPSA) is 83.6 Å². The fourth-order valence-corrected chi connectivity index (χ4v) is 3.54. The molecule has 2 N–H and O–H groups in total. The van der Waals surface area contributed by atoms with Crippen molar-refractivity contribution in [2.45, 2.75) is 0 Å². The Morgan fingerprint density at radius 3 is 2.63 bits per heavy atom. The fourth-order valence-electron chi connectivity index (χ4n) is 3.54. The maximum atomic E-state index is 12.9. The third-order valence-corrected chi connectivity index (χ3v) is 5.12. The predicted octanol–water partition coefficient (Wildman–Crippen LogP) is 2.55. The van der Waals surface area contributed by atoms with Crippen LogP contribution in [-0.2, 0) is 4.74 Å². The SMILES string of the molecule is O=C(NCCN1CCOCC1)c1ncccc1NC(=O)c1cccc2ccccc12. The molecule has 1 aliphatic rings. The summed E-state index contributed by atoms with van der Waals surface area (Å²) >= 11 is 0. The van der Waals surface area contributed by atoms with Crippen molar-refractivity contribution in [3.63, 3.8) is 0 Å². The summed E-state index contributed by atoms with van der Waals surface area (Å²) in [5.74, 6) is -0.584. The number of carbonyl (C=O) groups is 2. The van der Waals surface area contributed by atoms with E-state index in [0.717, 1.165) is 43.6 Å². The summed E-state index contributed by atoms with van der Waals surface area (Å²) in [6.07, 6.45) is 1.55. The van der Waals surface area contributed by atoms with E-state index < -0.39 is 0 Å². The molecule has 2 amide bonds. The highest BCUT2D eigenvalue weighted by molar-refractivity contribution is 6.14. The number of morpholine rings is 1. The molecule has 7 nitrogen and oxygen atoms in total. The van der Waals surface area contributed by atoms with Gasteiger partial charge in [-0.25, -0.2) is 4.98 Å². The Hall–Kier alpha value is -3.29. The van der Waals surface area contributed by atoms with Crippen LogP contribution in [0, 0.1) is 0 Å². The third kappa shape index (κ3) is 4.64. The van der Waals surface area contributed by atoms with Crippen LogP contribution in [0.3, 0.4) is 0 Å². The van der Waals surface area contributed by atoms with Crippen LogP contribution < -0.4 is 10.6 Å². The van der Waals surface area contributed by atoms with E-state index in [0.29, 0.717) is 17.8 Å². The van der Waals surface area contributed by atoms with Crippen molar-refractivity contribution in [1.29, 1.82) is 0 Å². The monoisotopic (exact) mass is 404 g/mol. The first-order chi connectivity index (χ1) is 14.7. The van der Waals surface area contributed by atoms with Crippen LogP contribution in [-0.4, -0.2) is 61.1 Å². The van der Waals surface area contributed by atoms with Gasteiger partial charge in [-0.3, -0.25) is 14.5 Å². The van der Waals surface area contributed by atoms with Gasteiger partial charge in [0.25, 0.3) is 11.8 Å². The van der Waals surface area contributed by atoms with Gasteiger partial charge < -0.3 is 15.4 Å². The quantitative estimate of drug-likeness (QED) is 0.660. The molecule has 7 heteroatoms. The van der Waals surface area contributed by atoms with Crippen LogP contribution in [0.5, 0.6) is 0 Å². The molecule has 1 fully saturated rings. The number of nitrogens with zero attached hydrogens (tertiary/aromatic N) is 2. The van der Waals surface area contributed by atoms with Crippen molar-refractivity contribution < 1.29 is 14.3 Å². The third-order valence-electron chi connectivity index (χ3n) is 5.12. The number of aromatic nitrogens is 1. The smallest absolute Gasteiger partial charge is 0.272 e. The molecule has 30 heavy (non-hydrogen) atoms. The summed E-state index contributed by atoms with van der Waals surface area (Å²) < 4.78 is 5.33. The van der Waals surface area contributed by atoms with Crippen molar-refractivity contribution >= 4 is 28.3 Å². The lowest BCUT2D eigenvalue weighted by molar-refractivity contribution is 0.0383. The van der Waals surface area contributed by atoms with Gasteiger partial charge >= 0.3 is 0 Å². The minimum absolute atomic E-state index is 0.202. The lowest BCUT2D eigenvalue weighted by atomic mass is 10.0. The van der Waals surface area contributed by atoms with Crippen LogP contribution in [0.2, 0.25) is 0 Å². The molecule has 1 aliphatic heterocycles. The highest BCUT2D eigenvalue weighted by Crippen LogP contribution is 2.21. The van der Waals surface area contributed by atoms with Crippen LogP contribution in [0.4, 0.5) is 5.69 Å². The Bertz CT molecular complexity index is 1040. The van der Waals surface area contributed by atoms with Crippen molar-refractivity contribution in [3.05, 3.63) is 72.1 Å². The summed E-state index contributed by atoms with van der Waals surface area (Å²) in [6, 6.07) is 16.7. The minimum atomic E-state index is -0.308. The summed E-state index contributed by atoms with van der Waals surface area (Å²) in [4.78, 5) is 32.0. The molecule has 0 saturated carbocycles. The van der Waals surface area contributed by atoms with Gasteiger partial charge in [-0.05, 0) is 29.0 Å². The normalized spacial score (nSPS) is 14.4. The molecule has 0 spiro atoms. The van der Waals surface area contributed by atoms with E-state index in [1.54, 1.807) is 24.4 Å². The molecule has 0 bridgehead atoms. The van der Waals surface area contributed by atoms with Gasteiger partial charge in [0.2, 0.25) is 0 Å².